The van der Waals surface area contributed by atoms with E-state index >= 15 is 0 Å². The van der Waals surface area contributed by atoms with Gasteiger partial charge >= 0.3 is 0 Å². The molecule has 2 aliphatic rings. The predicted molar refractivity (Wildman–Crippen MR) is 55.2 cm³/mol. The van der Waals surface area contributed by atoms with Crippen LogP contribution in [0.1, 0.15) is 12.0 Å². The van der Waals surface area contributed by atoms with Gasteiger partial charge < -0.3 is 4.90 Å². The van der Waals surface area contributed by atoms with Crippen molar-refractivity contribution in [3.05, 3.63) is 42.0 Å². The number of hydrogen-bond acceptors (Lipinski definition) is 1. The van der Waals surface area contributed by atoms with Gasteiger partial charge in [0.15, 0.2) is 0 Å². The first kappa shape index (κ1) is 7.80. The van der Waals surface area contributed by atoms with E-state index in [2.05, 4.69) is 12.6 Å². The Morgan fingerprint density at radius 2 is 2.07 bits per heavy atom. The van der Waals surface area contributed by atoms with Crippen molar-refractivity contribution in [1.29, 1.82) is 0 Å². The van der Waals surface area contributed by atoms with E-state index in [9.17, 15) is 4.79 Å². The Labute approximate surface area is 82.8 Å². The fourth-order valence-electron chi connectivity index (χ4n) is 2.44. The molecule has 2 heteroatoms. The highest BCUT2D eigenvalue weighted by Gasteiger charge is 2.40. The minimum absolute atomic E-state index is 0.111. The number of fused-ring (bicyclic) bond motifs is 3. The summed E-state index contributed by atoms with van der Waals surface area (Å²) in [7, 11) is 0. The molecule has 1 aromatic rings. The van der Waals surface area contributed by atoms with E-state index in [4.69, 9.17) is 0 Å². The van der Waals surface area contributed by atoms with Crippen LogP contribution in [0.2, 0.25) is 0 Å². The molecule has 2 aliphatic heterocycles. The SMILES string of the molecule is C=C1C[C@H]2Cc3ccccc3N2C1=O. The van der Waals surface area contributed by atoms with Crippen molar-refractivity contribution >= 4 is 11.6 Å². The summed E-state index contributed by atoms with van der Waals surface area (Å²) in [6.45, 7) is 3.80. The molecule has 1 saturated heterocycles. The second kappa shape index (κ2) is 2.47. The maximum atomic E-state index is 11.8. The predicted octanol–water partition coefficient (Wildman–Crippen LogP) is 1.90. The number of hydrogen-bond donors (Lipinski definition) is 0. The first-order valence-corrected chi connectivity index (χ1v) is 4.86. The monoisotopic (exact) mass is 185 g/mol. The van der Waals surface area contributed by atoms with E-state index < -0.39 is 0 Å². The van der Waals surface area contributed by atoms with Crippen LogP contribution in [0.15, 0.2) is 36.4 Å². The summed E-state index contributed by atoms with van der Waals surface area (Å²) in [5.74, 6) is 0.111. The molecular formula is C12H11NO. The van der Waals surface area contributed by atoms with Crippen molar-refractivity contribution in [2.75, 3.05) is 4.90 Å². The third-order valence-corrected chi connectivity index (χ3v) is 3.08. The number of nitrogens with zero attached hydrogens (tertiary/aromatic N) is 1. The first-order chi connectivity index (χ1) is 6.77. The molecule has 0 saturated carbocycles. The van der Waals surface area contributed by atoms with Crippen molar-refractivity contribution in [1.82, 2.24) is 0 Å². The molecule has 1 atom stereocenters. The average Bonchev–Trinajstić information content (AvgIpc) is 2.65. The van der Waals surface area contributed by atoms with Crippen molar-refractivity contribution in [3.8, 4) is 0 Å². The number of amides is 1. The maximum Gasteiger partial charge on any atom is 0.253 e. The highest BCUT2D eigenvalue weighted by atomic mass is 16.2. The van der Waals surface area contributed by atoms with Gasteiger partial charge in [-0.25, -0.2) is 0 Å². The molecular weight excluding hydrogens is 174 g/mol. The number of carbonyl (C=O) groups is 1. The lowest BCUT2D eigenvalue weighted by molar-refractivity contribution is -0.114. The Balaban J connectivity index is 2.13. The number of para-hydroxylation sites is 1. The summed E-state index contributed by atoms with van der Waals surface area (Å²) in [6, 6.07) is 8.47. The summed E-state index contributed by atoms with van der Waals surface area (Å²) in [5.41, 5.74) is 3.13. The molecule has 1 fully saturated rings. The second-order valence-corrected chi connectivity index (χ2v) is 3.97. The quantitative estimate of drug-likeness (QED) is 0.565. The minimum atomic E-state index is 0.111. The van der Waals surface area contributed by atoms with Gasteiger partial charge in [-0.3, -0.25) is 4.79 Å². The molecule has 2 nitrogen and oxygen atoms in total. The average molecular weight is 185 g/mol. The molecule has 70 valence electrons. The van der Waals surface area contributed by atoms with Gasteiger partial charge in [-0.15, -0.1) is 0 Å². The number of carbonyl (C=O) groups excluding carboxylic acids is 1. The van der Waals surface area contributed by atoms with Crippen LogP contribution in [0.4, 0.5) is 5.69 Å². The smallest absolute Gasteiger partial charge is 0.253 e. The Kier molecular flexibility index (Phi) is 1.38. The summed E-state index contributed by atoms with van der Waals surface area (Å²) < 4.78 is 0. The summed E-state index contributed by atoms with van der Waals surface area (Å²) in [5, 5.41) is 0. The van der Waals surface area contributed by atoms with E-state index in [1.807, 2.05) is 23.1 Å². The zero-order valence-electron chi connectivity index (χ0n) is 7.86. The van der Waals surface area contributed by atoms with Crippen LogP contribution in [0, 0.1) is 0 Å². The number of rotatable bonds is 0. The molecule has 2 heterocycles. The van der Waals surface area contributed by atoms with Crippen molar-refractivity contribution in [2.24, 2.45) is 0 Å². The van der Waals surface area contributed by atoms with Gasteiger partial charge in [0.2, 0.25) is 0 Å². The molecule has 0 bridgehead atoms. The third kappa shape index (κ3) is 0.830. The molecule has 0 spiro atoms. The largest absolute Gasteiger partial charge is 0.305 e. The Bertz CT molecular complexity index is 436. The summed E-state index contributed by atoms with van der Waals surface area (Å²) in [6.07, 6.45) is 1.81. The van der Waals surface area contributed by atoms with Gasteiger partial charge in [-0.05, 0) is 24.5 Å². The van der Waals surface area contributed by atoms with Gasteiger partial charge in [0.25, 0.3) is 5.91 Å². The van der Waals surface area contributed by atoms with E-state index in [0.717, 1.165) is 24.1 Å². The van der Waals surface area contributed by atoms with Gasteiger partial charge in [0.1, 0.15) is 0 Å². The van der Waals surface area contributed by atoms with Crippen LogP contribution in [-0.2, 0) is 11.2 Å². The van der Waals surface area contributed by atoms with Crippen LogP contribution >= 0.6 is 0 Å². The number of anilines is 1. The molecule has 14 heavy (non-hydrogen) atoms. The van der Waals surface area contributed by atoms with Crippen molar-refractivity contribution in [2.45, 2.75) is 18.9 Å². The van der Waals surface area contributed by atoms with Crippen molar-refractivity contribution < 1.29 is 4.79 Å². The minimum Gasteiger partial charge on any atom is -0.305 e. The summed E-state index contributed by atoms with van der Waals surface area (Å²) in [4.78, 5) is 13.7. The Morgan fingerprint density at radius 1 is 1.29 bits per heavy atom. The third-order valence-electron chi connectivity index (χ3n) is 3.08. The van der Waals surface area contributed by atoms with Crippen LogP contribution in [0.5, 0.6) is 0 Å². The molecule has 0 N–H and O–H groups in total. The summed E-state index contributed by atoms with van der Waals surface area (Å²) >= 11 is 0. The van der Waals surface area contributed by atoms with Crippen LogP contribution in [0.3, 0.4) is 0 Å². The van der Waals surface area contributed by atoms with Gasteiger partial charge in [0.05, 0.1) is 0 Å². The molecule has 3 rings (SSSR count). The maximum absolute atomic E-state index is 11.8. The standard InChI is InChI=1S/C12H11NO/c1-8-6-10-7-9-4-2-3-5-11(9)13(10)12(8)14/h2-5,10H,1,6-7H2/t10-/m0/s1. The normalized spacial score (nSPS) is 24.0. The molecule has 0 aromatic heterocycles. The van der Waals surface area contributed by atoms with E-state index in [1.165, 1.54) is 5.56 Å². The first-order valence-electron chi connectivity index (χ1n) is 4.86. The fourth-order valence-corrected chi connectivity index (χ4v) is 2.44. The molecule has 0 aliphatic carbocycles. The van der Waals surface area contributed by atoms with E-state index in [-0.39, 0.29) is 5.91 Å². The molecule has 0 unspecified atom stereocenters. The fraction of sp³-hybridized carbons (Fsp3) is 0.250. The van der Waals surface area contributed by atoms with E-state index in [1.54, 1.807) is 0 Å². The van der Waals surface area contributed by atoms with Gasteiger partial charge in [0, 0.05) is 17.3 Å². The van der Waals surface area contributed by atoms with E-state index in [0.29, 0.717) is 6.04 Å². The number of benzene rings is 1. The van der Waals surface area contributed by atoms with Gasteiger partial charge in [-0.2, -0.15) is 0 Å². The van der Waals surface area contributed by atoms with Crippen LogP contribution in [-0.4, -0.2) is 11.9 Å². The zero-order valence-corrected chi connectivity index (χ0v) is 7.86. The highest BCUT2D eigenvalue weighted by Crippen LogP contribution is 2.39. The highest BCUT2D eigenvalue weighted by molar-refractivity contribution is 6.09. The Morgan fingerprint density at radius 3 is 2.93 bits per heavy atom. The topological polar surface area (TPSA) is 20.3 Å². The lowest BCUT2D eigenvalue weighted by Crippen LogP contribution is -2.28. The zero-order chi connectivity index (χ0) is 9.71. The van der Waals surface area contributed by atoms with Crippen LogP contribution in [0.25, 0.3) is 0 Å². The van der Waals surface area contributed by atoms with Gasteiger partial charge in [-0.1, -0.05) is 24.8 Å². The van der Waals surface area contributed by atoms with Crippen molar-refractivity contribution in [3.63, 3.8) is 0 Å². The van der Waals surface area contributed by atoms with Crippen LogP contribution < -0.4 is 4.90 Å². The Hall–Kier alpha value is -1.57. The molecule has 0 radical (unpaired) electrons. The second-order valence-electron chi connectivity index (χ2n) is 3.97. The lowest BCUT2D eigenvalue weighted by Gasteiger charge is -2.15. The molecule has 1 aromatic carbocycles. The molecule has 1 amide bonds. The lowest BCUT2D eigenvalue weighted by atomic mass is 10.1.